The van der Waals surface area contributed by atoms with Gasteiger partial charge in [-0.1, -0.05) is 55.3 Å². The molecule has 0 saturated heterocycles. The molecular weight excluding hydrogens is 326 g/mol. The number of hydrogen-bond donors (Lipinski definition) is 1. The summed E-state index contributed by atoms with van der Waals surface area (Å²) in [6.45, 7) is 4.42. The Labute approximate surface area is 153 Å². The number of fused-ring (bicyclic) bond motifs is 1. The van der Waals surface area contributed by atoms with Crippen LogP contribution in [0.1, 0.15) is 55.0 Å². The number of rotatable bonds is 4. The van der Waals surface area contributed by atoms with Gasteiger partial charge >= 0.3 is 0 Å². The van der Waals surface area contributed by atoms with Crippen LogP contribution in [0.25, 0.3) is 0 Å². The smallest absolute Gasteiger partial charge is 0.243 e. The van der Waals surface area contributed by atoms with Crippen LogP contribution in [0.15, 0.2) is 48.5 Å². The standard InChI is InChI=1S/C20H23N5O/c1-13(2)14-4-6-15(7-5-14)18-12-19(25-20(21-18)22-23-24-25)16-8-10-17(26-3)11-9-16/h4-11,13,18-19H,12H2,1-3H3,(H,21,22,24)/t18-,19+/m1/s1. The lowest BCUT2D eigenvalue weighted by molar-refractivity contribution is 0.410. The molecule has 134 valence electrons. The van der Waals surface area contributed by atoms with Crippen molar-refractivity contribution in [1.29, 1.82) is 0 Å². The Kier molecular flexibility index (Phi) is 4.32. The average molecular weight is 349 g/mol. The van der Waals surface area contributed by atoms with Crippen molar-refractivity contribution >= 4 is 5.95 Å². The normalized spacial score (nSPS) is 19.1. The zero-order valence-corrected chi connectivity index (χ0v) is 15.3. The van der Waals surface area contributed by atoms with Crippen LogP contribution in [-0.4, -0.2) is 27.3 Å². The summed E-state index contributed by atoms with van der Waals surface area (Å²) in [7, 11) is 1.68. The molecule has 26 heavy (non-hydrogen) atoms. The van der Waals surface area contributed by atoms with Crippen molar-refractivity contribution in [3.8, 4) is 5.75 Å². The molecule has 6 nitrogen and oxygen atoms in total. The second-order valence-corrected chi connectivity index (χ2v) is 6.99. The molecule has 0 radical (unpaired) electrons. The van der Waals surface area contributed by atoms with E-state index >= 15 is 0 Å². The van der Waals surface area contributed by atoms with Gasteiger partial charge in [0, 0.05) is 0 Å². The number of nitrogens with zero attached hydrogens (tertiary/aromatic N) is 4. The average Bonchev–Trinajstić information content (AvgIpc) is 3.16. The van der Waals surface area contributed by atoms with Crippen LogP contribution in [0.3, 0.4) is 0 Å². The van der Waals surface area contributed by atoms with Crippen LogP contribution in [0.4, 0.5) is 5.95 Å². The van der Waals surface area contributed by atoms with Gasteiger partial charge in [-0.3, -0.25) is 0 Å². The van der Waals surface area contributed by atoms with Gasteiger partial charge in [-0.15, -0.1) is 0 Å². The molecule has 2 aromatic carbocycles. The number of ether oxygens (including phenoxy) is 1. The van der Waals surface area contributed by atoms with E-state index < -0.39 is 0 Å². The summed E-state index contributed by atoms with van der Waals surface area (Å²) < 4.78 is 7.13. The zero-order chi connectivity index (χ0) is 18.1. The number of tetrazole rings is 1. The second kappa shape index (κ2) is 6.78. The van der Waals surface area contributed by atoms with E-state index in [-0.39, 0.29) is 12.1 Å². The number of anilines is 1. The van der Waals surface area contributed by atoms with Crippen molar-refractivity contribution in [2.24, 2.45) is 0 Å². The van der Waals surface area contributed by atoms with Crippen molar-refractivity contribution in [1.82, 2.24) is 20.2 Å². The van der Waals surface area contributed by atoms with Gasteiger partial charge in [-0.25, -0.2) is 4.68 Å². The summed E-state index contributed by atoms with van der Waals surface area (Å²) in [6.07, 6.45) is 0.880. The van der Waals surface area contributed by atoms with E-state index in [9.17, 15) is 0 Å². The van der Waals surface area contributed by atoms with E-state index in [0.29, 0.717) is 11.9 Å². The van der Waals surface area contributed by atoms with Gasteiger partial charge in [-0.2, -0.15) is 0 Å². The number of benzene rings is 2. The highest BCUT2D eigenvalue weighted by Crippen LogP contribution is 2.37. The summed E-state index contributed by atoms with van der Waals surface area (Å²) in [5.41, 5.74) is 3.77. The van der Waals surface area contributed by atoms with Crippen molar-refractivity contribution in [2.75, 3.05) is 12.4 Å². The third-order valence-electron chi connectivity index (χ3n) is 5.06. The predicted molar refractivity (Wildman–Crippen MR) is 100 cm³/mol. The van der Waals surface area contributed by atoms with Gasteiger partial charge in [0.15, 0.2) is 0 Å². The van der Waals surface area contributed by atoms with Crippen LogP contribution in [0.5, 0.6) is 5.75 Å². The molecule has 2 atom stereocenters. The highest BCUT2D eigenvalue weighted by molar-refractivity contribution is 5.39. The predicted octanol–water partition coefficient (Wildman–Crippen LogP) is 3.95. The highest BCUT2D eigenvalue weighted by atomic mass is 16.5. The lowest BCUT2D eigenvalue weighted by Gasteiger charge is -2.31. The molecule has 0 bridgehead atoms. The van der Waals surface area contributed by atoms with Gasteiger partial charge in [0.25, 0.3) is 0 Å². The molecule has 2 heterocycles. The molecule has 6 heteroatoms. The van der Waals surface area contributed by atoms with Crippen LogP contribution in [0.2, 0.25) is 0 Å². The number of aromatic nitrogens is 4. The van der Waals surface area contributed by atoms with Crippen molar-refractivity contribution in [3.05, 3.63) is 65.2 Å². The summed E-state index contributed by atoms with van der Waals surface area (Å²) in [4.78, 5) is 0. The van der Waals surface area contributed by atoms with E-state index in [1.807, 2.05) is 16.8 Å². The molecule has 0 amide bonds. The van der Waals surface area contributed by atoms with E-state index in [1.54, 1.807) is 7.11 Å². The minimum absolute atomic E-state index is 0.0851. The van der Waals surface area contributed by atoms with E-state index in [1.165, 1.54) is 16.7 Å². The Morgan fingerprint density at radius 1 is 1.04 bits per heavy atom. The van der Waals surface area contributed by atoms with Gasteiger partial charge in [-0.05, 0) is 51.6 Å². The molecule has 0 saturated carbocycles. The minimum atomic E-state index is 0.0851. The molecule has 1 N–H and O–H groups in total. The number of nitrogens with one attached hydrogen (secondary N) is 1. The lowest BCUT2D eigenvalue weighted by Crippen LogP contribution is -2.28. The van der Waals surface area contributed by atoms with Crippen LogP contribution >= 0.6 is 0 Å². The fourth-order valence-electron chi connectivity index (χ4n) is 3.47. The third kappa shape index (κ3) is 3.03. The van der Waals surface area contributed by atoms with E-state index in [2.05, 4.69) is 71.1 Å². The van der Waals surface area contributed by atoms with E-state index in [0.717, 1.165) is 12.2 Å². The Balaban J connectivity index is 1.65. The lowest BCUT2D eigenvalue weighted by atomic mass is 9.92. The van der Waals surface area contributed by atoms with Crippen molar-refractivity contribution in [2.45, 2.75) is 38.3 Å². The summed E-state index contributed by atoms with van der Waals surface area (Å²) >= 11 is 0. The first-order valence-electron chi connectivity index (χ1n) is 8.94. The Morgan fingerprint density at radius 3 is 2.38 bits per heavy atom. The zero-order valence-electron chi connectivity index (χ0n) is 15.3. The van der Waals surface area contributed by atoms with Gasteiger partial charge in [0.2, 0.25) is 5.95 Å². The minimum Gasteiger partial charge on any atom is -0.497 e. The van der Waals surface area contributed by atoms with Crippen LogP contribution in [0, 0.1) is 0 Å². The maximum absolute atomic E-state index is 5.27. The molecule has 0 aliphatic carbocycles. The topological polar surface area (TPSA) is 64.9 Å². The summed E-state index contributed by atoms with van der Waals surface area (Å²) in [5.74, 6) is 2.08. The van der Waals surface area contributed by atoms with Gasteiger partial charge < -0.3 is 10.1 Å². The second-order valence-electron chi connectivity index (χ2n) is 6.99. The number of hydrogen-bond acceptors (Lipinski definition) is 5. The Morgan fingerprint density at radius 2 is 1.73 bits per heavy atom. The molecule has 0 spiro atoms. The molecular formula is C20H23N5O. The quantitative estimate of drug-likeness (QED) is 0.772. The number of methoxy groups -OCH3 is 1. The SMILES string of the molecule is COc1ccc([C@@H]2C[C@H](c3ccc(C(C)C)cc3)Nc3nnnn32)cc1. The van der Waals surface area contributed by atoms with Gasteiger partial charge in [0.05, 0.1) is 19.2 Å². The molecule has 1 aliphatic rings. The Hall–Kier alpha value is -2.89. The molecule has 0 unspecified atom stereocenters. The molecule has 3 aromatic rings. The first kappa shape index (κ1) is 16.6. The van der Waals surface area contributed by atoms with Gasteiger partial charge in [0.1, 0.15) is 5.75 Å². The first-order chi connectivity index (χ1) is 12.7. The summed E-state index contributed by atoms with van der Waals surface area (Å²) in [6, 6.07) is 17.2. The largest absolute Gasteiger partial charge is 0.497 e. The maximum atomic E-state index is 5.27. The summed E-state index contributed by atoms with van der Waals surface area (Å²) in [5, 5.41) is 15.7. The molecule has 0 fully saturated rings. The van der Waals surface area contributed by atoms with Crippen molar-refractivity contribution < 1.29 is 4.74 Å². The molecule has 1 aromatic heterocycles. The van der Waals surface area contributed by atoms with E-state index in [4.69, 9.17) is 4.74 Å². The third-order valence-corrected chi connectivity index (χ3v) is 5.06. The molecule has 1 aliphatic heterocycles. The van der Waals surface area contributed by atoms with Crippen molar-refractivity contribution in [3.63, 3.8) is 0 Å². The first-order valence-corrected chi connectivity index (χ1v) is 8.94. The maximum Gasteiger partial charge on any atom is 0.243 e. The Bertz CT molecular complexity index is 870. The van der Waals surface area contributed by atoms with Crippen LogP contribution in [-0.2, 0) is 0 Å². The molecule has 4 rings (SSSR count). The van der Waals surface area contributed by atoms with Crippen LogP contribution < -0.4 is 10.1 Å². The fraction of sp³-hybridized carbons (Fsp3) is 0.350. The fourth-order valence-corrected chi connectivity index (χ4v) is 3.47. The monoisotopic (exact) mass is 349 g/mol. The highest BCUT2D eigenvalue weighted by Gasteiger charge is 2.30.